The molecular weight excluding hydrogens is 420 g/mol. The number of halogens is 1. The second kappa shape index (κ2) is 6.14. The van der Waals surface area contributed by atoms with E-state index in [1.165, 1.54) is 11.8 Å². The number of carbonyl (C=O) groups excluding carboxylic acids is 3. The van der Waals surface area contributed by atoms with Crippen LogP contribution in [0.3, 0.4) is 0 Å². The molecule has 2 saturated heterocycles. The van der Waals surface area contributed by atoms with Crippen LogP contribution in [0.1, 0.15) is 24.1 Å². The van der Waals surface area contributed by atoms with Crippen LogP contribution in [-0.4, -0.2) is 28.5 Å². The zero-order chi connectivity index (χ0) is 19.6. The summed E-state index contributed by atoms with van der Waals surface area (Å²) in [5.41, 5.74) is 2.54. The zero-order valence-corrected chi connectivity index (χ0v) is 16.7. The van der Waals surface area contributed by atoms with Crippen LogP contribution >= 0.6 is 15.9 Å². The van der Waals surface area contributed by atoms with Gasteiger partial charge in [-0.1, -0.05) is 46.3 Å². The normalized spacial score (nSPS) is 27.6. The number of amides is 2. The van der Waals surface area contributed by atoms with E-state index >= 15 is 0 Å². The lowest BCUT2D eigenvalue weighted by Crippen LogP contribution is -2.43. The molecule has 2 aromatic carbocycles. The van der Waals surface area contributed by atoms with Crippen molar-refractivity contribution in [1.29, 1.82) is 0 Å². The van der Waals surface area contributed by atoms with E-state index in [0.29, 0.717) is 5.69 Å². The summed E-state index contributed by atoms with van der Waals surface area (Å²) in [7, 11) is 0. The third-order valence-electron chi connectivity index (χ3n) is 5.94. The molecule has 2 fully saturated rings. The summed E-state index contributed by atoms with van der Waals surface area (Å²) in [6.45, 7) is 1.50. The summed E-state index contributed by atoms with van der Waals surface area (Å²) in [6, 6.07) is 14.1. The van der Waals surface area contributed by atoms with Crippen molar-refractivity contribution >= 4 is 45.3 Å². The Kier molecular flexibility index (Phi) is 3.81. The number of anilines is 1. The van der Waals surface area contributed by atoms with E-state index in [1.54, 1.807) is 18.2 Å². The molecule has 2 amide bonds. The molecule has 0 aromatic heterocycles. The topological polar surface area (TPSA) is 57.7 Å². The molecule has 140 valence electrons. The smallest absolute Gasteiger partial charge is 0.240 e. The highest BCUT2D eigenvalue weighted by molar-refractivity contribution is 9.10. The van der Waals surface area contributed by atoms with Gasteiger partial charge in [-0.05, 0) is 42.3 Å². The Hall–Kier alpha value is -2.73. The Labute approximate surface area is 170 Å². The van der Waals surface area contributed by atoms with Crippen molar-refractivity contribution in [3.05, 3.63) is 70.3 Å². The van der Waals surface area contributed by atoms with Crippen LogP contribution in [0.25, 0.3) is 6.08 Å². The maximum Gasteiger partial charge on any atom is 0.240 e. The molecule has 3 heterocycles. The highest BCUT2D eigenvalue weighted by Gasteiger charge is 2.63. The number of benzene rings is 2. The van der Waals surface area contributed by atoms with E-state index in [4.69, 9.17) is 0 Å². The number of carbonyl (C=O) groups is 3. The van der Waals surface area contributed by atoms with Gasteiger partial charge in [0.05, 0.1) is 29.6 Å². The number of Topliss-reactive ketones (excluding diaryl/α,β-unsaturated/α-hetero) is 1. The second-order valence-corrected chi connectivity index (χ2v) is 8.35. The maximum atomic E-state index is 13.5. The van der Waals surface area contributed by atoms with E-state index in [9.17, 15) is 14.4 Å². The molecule has 3 aliphatic heterocycles. The number of nitrogens with zero attached hydrogens (tertiary/aromatic N) is 2. The lowest BCUT2D eigenvalue weighted by molar-refractivity contribution is -0.129. The van der Waals surface area contributed by atoms with Crippen molar-refractivity contribution in [2.75, 3.05) is 4.90 Å². The minimum absolute atomic E-state index is 0.0984. The van der Waals surface area contributed by atoms with Crippen molar-refractivity contribution in [3.8, 4) is 0 Å². The number of ketones is 1. The average molecular weight is 437 g/mol. The Balaban J connectivity index is 1.66. The van der Waals surface area contributed by atoms with Crippen LogP contribution in [0.5, 0.6) is 0 Å². The second-order valence-electron chi connectivity index (χ2n) is 7.44. The van der Waals surface area contributed by atoms with Crippen molar-refractivity contribution in [3.63, 3.8) is 0 Å². The van der Waals surface area contributed by atoms with Gasteiger partial charge in [0.1, 0.15) is 0 Å². The number of hydrogen-bond acceptors (Lipinski definition) is 4. The summed E-state index contributed by atoms with van der Waals surface area (Å²) >= 11 is 3.40. The average Bonchev–Trinajstić information content (AvgIpc) is 3.15. The third-order valence-corrected chi connectivity index (χ3v) is 6.44. The van der Waals surface area contributed by atoms with Crippen LogP contribution in [0.4, 0.5) is 5.69 Å². The zero-order valence-electron chi connectivity index (χ0n) is 15.1. The van der Waals surface area contributed by atoms with Crippen LogP contribution in [-0.2, 0) is 14.4 Å². The van der Waals surface area contributed by atoms with Gasteiger partial charge in [-0.25, -0.2) is 4.90 Å². The molecule has 5 nitrogen and oxygen atoms in total. The predicted octanol–water partition coefficient (Wildman–Crippen LogP) is 3.55. The standard InChI is InChI=1S/C22H17BrN2O3/c1-12(26)19-17-18(20-16-8-3-2-5-13(16)9-10-24(19)20)22(28)25(21(17)27)15-7-4-6-14(23)11-15/h2-11,17-20H,1H3. The molecule has 0 aliphatic carbocycles. The lowest BCUT2D eigenvalue weighted by atomic mass is 9.84. The fourth-order valence-corrected chi connectivity index (χ4v) is 5.28. The first-order chi connectivity index (χ1) is 13.5. The third kappa shape index (κ3) is 2.27. The highest BCUT2D eigenvalue weighted by Crippen LogP contribution is 2.53. The Morgan fingerprint density at radius 1 is 1.00 bits per heavy atom. The fourth-order valence-electron chi connectivity index (χ4n) is 4.89. The van der Waals surface area contributed by atoms with Gasteiger partial charge in [0.15, 0.2) is 5.78 Å². The minimum Gasteiger partial charge on any atom is -0.359 e. The number of imide groups is 1. The molecule has 0 saturated carbocycles. The van der Waals surface area contributed by atoms with E-state index < -0.39 is 17.9 Å². The molecule has 4 atom stereocenters. The van der Waals surface area contributed by atoms with Crippen molar-refractivity contribution in [2.24, 2.45) is 11.8 Å². The van der Waals surface area contributed by atoms with Crippen molar-refractivity contribution < 1.29 is 14.4 Å². The predicted molar refractivity (Wildman–Crippen MR) is 108 cm³/mol. The molecule has 0 N–H and O–H groups in total. The first-order valence-electron chi connectivity index (χ1n) is 9.17. The van der Waals surface area contributed by atoms with Gasteiger partial charge < -0.3 is 4.90 Å². The first-order valence-corrected chi connectivity index (χ1v) is 9.97. The molecule has 5 rings (SSSR count). The molecule has 6 heteroatoms. The SMILES string of the molecule is CC(=O)C1C2C(=O)N(c3cccc(Br)c3)C(=O)C2C2c3ccccc3C=CN12. The Bertz CT molecular complexity index is 1060. The maximum absolute atomic E-state index is 13.5. The molecule has 0 bridgehead atoms. The molecular formula is C22H17BrN2O3. The largest absolute Gasteiger partial charge is 0.359 e. The van der Waals surface area contributed by atoms with E-state index in [0.717, 1.165) is 15.6 Å². The van der Waals surface area contributed by atoms with Crippen molar-refractivity contribution in [2.45, 2.75) is 19.0 Å². The minimum atomic E-state index is -0.676. The molecule has 4 unspecified atom stereocenters. The summed E-state index contributed by atoms with van der Waals surface area (Å²) in [4.78, 5) is 42.5. The summed E-state index contributed by atoms with van der Waals surface area (Å²) in [5.74, 6) is -1.89. The van der Waals surface area contributed by atoms with Crippen LogP contribution < -0.4 is 4.90 Å². The van der Waals surface area contributed by atoms with Gasteiger partial charge >= 0.3 is 0 Å². The molecule has 0 spiro atoms. The van der Waals surface area contributed by atoms with Gasteiger partial charge in [0.2, 0.25) is 11.8 Å². The van der Waals surface area contributed by atoms with Crippen LogP contribution in [0.15, 0.2) is 59.2 Å². The monoisotopic (exact) mass is 436 g/mol. The van der Waals surface area contributed by atoms with Crippen LogP contribution in [0.2, 0.25) is 0 Å². The van der Waals surface area contributed by atoms with E-state index in [1.807, 2.05) is 47.5 Å². The molecule has 3 aliphatic rings. The molecule has 2 aromatic rings. The van der Waals surface area contributed by atoms with E-state index in [2.05, 4.69) is 15.9 Å². The molecule has 0 radical (unpaired) electrons. The Morgan fingerprint density at radius 3 is 2.50 bits per heavy atom. The first kappa shape index (κ1) is 17.4. The highest BCUT2D eigenvalue weighted by atomic mass is 79.9. The number of rotatable bonds is 2. The summed E-state index contributed by atoms with van der Waals surface area (Å²) in [6.07, 6.45) is 3.81. The quantitative estimate of drug-likeness (QED) is 0.675. The van der Waals surface area contributed by atoms with Gasteiger partial charge in [0.25, 0.3) is 0 Å². The van der Waals surface area contributed by atoms with Gasteiger partial charge in [0, 0.05) is 10.7 Å². The van der Waals surface area contributed by atoms with Gasteiger partial charge in [-0.15, -0.1) is 0 Å². The number of hydrogen-bond donors (Lipinski definition) is 0. The summed E-state index contributed by atoms with van der Waals surface area (Å²) < 4.78 is 0.790. The van der Waals surface area contributed by atoms with Crippen LogP contribution in [0, 0.1) is 11.8 Å². The Morgan fingerprint density at radius 2 is 1.75 bits per heavy atom. The van der Waals surface area contributed by atoms with Crippen molar-refractivity contribution in [1.82, 2.24) is 4.90 Å². The molecule has 28 heavy (non-hydrogen) atoms. The van der Waals surface area contributed by atoms with Gasteiger partial charge in [-0.2, -0.15) is 0 Å². The lowest BCUT2D eigenvalue weighted by Gasteiger charge is -2.34. The number of fused-ring (bicyclic) bond motifs is 5. The fraction of sp³-hybridized carbons (Fsp3) is 0.227. The van der Waals surface area contributed by atoms with E-state index in [-0.39, 0.29) is 23.6 Å². The summed E-state index contributed by atoms with van der Waals surface area (Å²) in [5, 5.41) is 0. The van der Waals surface area contributed by atoms with Gasteiger partial charge in [-0.3, -0.25) is 14.4 Å².